The van der Waals surface area contributed by atoms with Gasteiger partial charge in [-0.2, -0.15) is 0 Å². The molecule has 0 amide bonds. The zero-order valence-electron chi connectivity index (χ0n) is 13.2. The Bertz CT molecular complexity index is 488. The van der Waals surface area contributed by atoms with Crippen LogP contribution >= 0.6 is 0 Å². The molecule has 1 fully saturated rings. The van der Waals surface area contributed by atoms with Crippen molar-refractivity contribution in [1.82, 2.24) is 4.90 Å². The molecule has 0 aliphatic carbocycles. The Balaban J connectivity index is 1.94. The van der Waals surface area contributed by atoms with Crippen LogP contribution in [0.25, 0.3) is 6.08 Å². The number of piperidine rings is 1. The lowest BCUT2D eigenvalue weighted by molar-refractivity contribution is -0.0774. The molecule has 0 radical (unpaired) electrons. The summed E-state index contributed by atoms with van der Waals surface area (Å²) in [6, 6.07) is 6.41. The van der Waals surface area contributed by atoms with Gasteiger partial charge < -0.3 is 10.2 Å². The number of nitrogens with zero attached hydrogens (tertiary/aromatic N) is 1. The van der Waals surface area contributed by atoms with Crippen molar-refractivity contribution in [2.75, 3.05) is 26.2 Å². The standard InChI is InChI=1S/C18H26FNO2/c1-2-10-18(14-21)13-20(12-9-17(18)22)11-3-4-15-5-7-16(19)8-6-15/h3-8,17,21-22H,2,9-14H2,1H3/b4-3+/t17-,18-/m0/s1. The van der Waals surface area contributed by atoms with Crippen LogP contribution in [-0.4, -0.2) is 47.5 Å². The molecule has 1 aliphatic heterocycles. The highest BCUT2D eigenvalue weighted by Crippen LogP contribution is 2.34. The predicted molar refractivity (Wildman–Crippen MR) is 86.9 cm³/mol. The third-order valence-corrected chi connectivity index (χ3v) is 4.57. The van der Waals surface area contributed by atoms with Crippen LogP contribution < -0.4 is 0 Å². The molecule has 0 bridgehead atoms. The van der Waals surface area contributed by atoms with E-state index in [2.05, 4.69) is 17.9 Å². The monoisotopic (exact) mass is 307 g/mol. The van der Waals surface area contributed by atoms with Gasteiger partial charge in [-0.15, -0.1) is 0 Å². The highest BCUT2D eigenvalue weighted by Gasteiger charge is 2.41. The van der Waals surface area contributed by atoms with E-state index >= 15 is 0 Å². The van der Waals surface area contributed by atoms with Crippen LogP contribution in [0, 0.1) is 11.2 Å². The fourth-order valence-electron chi connectivity index (χ4n) is 3.29. The number of halogens is 1. The van der Waals surface area contributed by atoms with Crippen molar-refractivity contribution >= 4 is 6.08 Å². The third-order valence-electron chi connectivity index (χ3n) is 4.57. The van der Waals surface area contributed by atoms with Crippen molar-refractivity contribution in [3.05, 3.63) is 41.7 Å². The molecule has 1 aliphatic rings. The quantitative estimate of drug-likeness (QED) is 0.849. The van der Waals surface area contributed by atoms with E-state index < -0.39 is 11.5 Å². The fourth-order valence-corrected chi connectivity index (χ4v) is 3.29. The normalized spacial score (nSPS) is 26.6. The van der Waals surface area contributed by atoms with Gasteiger partial charge in [-0.1, -0.05) is 37.6 Å². The summed E-state index contributed by atoms with van der Waals surface area (Å²) in [6.07, 6.45) is 6.10. The second kappa shape index (κ2) is 7.86. The van der Waals surface area contributed by atoms with Crippen molar-refractivity contribution in [3.8, 4) is 0 Å². The average Bonchev–Trinajstić information content (AvgIpc) is 2.52. The van der Waals surface area contributed by atoms with Crippen molar-refractivity contribution in [3.63, 3.8) is 0 Å². The van der Waals surface area contributed by atoms with Crippen LogP contribution in [0.4, 0.5) is 4.39 Å². The van der Waals surface area contributed by atoms with E-state index in [0.29, 0.717) is 13.0 Å². The lowest BCUT2D eigenvalue weighted by Gasteiger charge is -2.45. The first-order valence-electron chi connectivity index (χ1n) is 8.03. The van der Waals surface area contributed by atoms with E-state index in [0.717, 1.165) is 31.5 Å². The second-order valence-electron chi connectivity index (χ2n) is 6.26. The summed E-state index contributed by atoms with van der Waals surface area (Å²) >= 11 is 0. The van der Waals surface area contributed by atoms with Gasteiger partial charge in [0.25, 0.3) is 0 Å². The molecule has 0 spiro atoms. The first-order chi connectivity index (χ1) is 10.6. The maximum Gasteiger partial charge on any atom is 0.123 e. The molecule has 0 aromatic heterocycles. The van der Waals surface area contributed by atoms with Crippen LogP contribution in [0.1, 0.15) is 31.7 Å². The van der Waals surface area contributed by atoms with E-state index in [1.54, 1.807) is 12.1 Å². The molecule has 0 unspecified atom stereocenters. The van der Waals surface area contributed by atoms with Crippen LogP contribution in [0.2, 0.25) is 0 Å². The van der Waals surface area contributed by atoms with Gasteiger partial charge in [0.1, 0.15) is 5.82 Å². The Hall–Kier alpha value is -1.23. The molecule has 22 heavy (non-hydrogen) atoms. The molecule has 4 heteroatoms. The first kappa shape index (κ1) is 17.1. The van der Waals surface area contributed by atoms with Gasteiger partial charge in [0, 0.05) is 25.0 Å². The fraction of sp³-hybridized carbons (Fsp3) is 0.556. The molecule has 2 atom stereocenters. The average molecular weight is 307 g/mol. The van der Waals surface area contributed by atoms with Gasteiger partial charge in [0.05, 0.1) is 12.7 Å². The molecule has 1 aromatic carbocycles. The summed E-state index contributed by atoms with van der Waals surface area (Å²) in [7, 11) is 0. The number of rotatable bonds is 6. The Morgan fingerprint density at radius 1 is 1.36 bits per heavy atom. The van der Waals surface area contributed by atoms with Crippen molar-refractivity contribution in [2.24, 2.45) is 5.41 Å². The van der Waals surface area contributed by atoms with Crippen LogP contribution in [0.15, 0.2) is 30.3 Å². The van der Waals surface area contributed by atoms with Gasteiger partial charge in [0.2, 0.25) is 0 Å². The maximum atomic E-state index is 12.9. The lowest BCUT2D eigenvalue weighted by atomic mass is 9.74. The summed E-state index contributed by atoms with van der Waals surface area (Å²) in [5, 5.41) is 20.0. The third kappa shape index (κ3) is 4.15. The minimum Gasteiger partial charge on any atom is -0.396 e. The van der Waals surface area contributed by atoms with E-state index in [1.807, 2.05) is 6.08 Å². The number of hydrogen-bond acceptors (Lipinski definition) is 3. The Morgan fingerprint density at radius 3 is 2.73 bits per heavy atom. The number of likely N-dealkylation sites (tertiary alicyclic amines) is 1. The largest absolute Gasteiger partial charge is 0.396 e. The molecule has 0 saturated carbocycles. The molecule has 1 heterocycles. The van der Waals surface area contributed by atoms with Gasteiger partial charge >= 0.3 is 0 Å². The molecular weight excluding hydrogens is 281 g/mol. The Labute approximate surface area is 132 Å². The number of aliphatic hydroxyl groups is 2. The summed E-state index contributed by atoms with van der Waals surface area (Å²) in [5.41, 5.74) is 0.580. The van der Waals surface area contributed by atoms with E-state index in [-0.39, 0.29) is 12.4 Å². The topological polar surface area (TPSA) is 43.7 Å². The minimum atomic E-state index is -0.422. The van der Waals surface area contributed by atoms with E-state index in [9.17, 15) is 14.6 Å². The summed E-state index contributed by atoms with van der Waals surface area (Å²) in [5.74, 6) is -0.227. The van der Waals surface area contributed by atoms with E-state index in [4.69, 9.17) is 0 Å². The summed E-state index contributed by atoms with van der Waals surface area (Å²) in [6.45, 7) is 4.43. The van der Waals surface area contributed by atoms with Crippen LogP contribution in [-0.2, 0) is 0 Å². The number of aliphatic hydroxyl groups excluding tert-OH is 2. The maximum absolute atomic E-state index is 12.9. The van der Waals surface area contributed by atoms with Crippen LogP contribution in [0.3, 0.4) is 0 Å². The van der Waals surface area contributed by atoms with Crippen LogP contribution in [0.5, 0.6) is 0 Å². The van der Waals surface area contributed by atoms with Crippen molar-refractivity contribution < 1.29 is 14.6 Å². The lowest BCUT2D eigenvalue weighted by Crippen LogP contribution is -2.53. The number of benzene rings is 1. The van der Waals surface area contributed by atoms with Gasteiger partial charge in [0.15, 0.2) is 0 Å². The van der Waals surface area contributed by atoms with Gasteiger partial charge in [-0.3, -0.25) is 4.90 Å². The first-order valence-corrected chi connectivity index (χ1v) is 8.03. The predicted octanol–water partition coefficient (Wildman–Crippen LogP) is 2.68. The smallest absolute Gasteiger partial charge is 0.123 e. The van der Waals surface area contributed by atoms with E-state index in [1.165, 1.54) is 12.1 Å². The van der Waals surface area contributed by atoms with Crippen molar-refractivity contribution in [2.45, 2.75) is 32.3 Å². The molecule has 122 valence electrons. The SMILES string of the molecule is CCC[C@@]1(CO)CN(C/C=C/c2ccc(F)cc2)CC[C@@H]1O. The Kier molecular flexibility index (Phi) is 6.12. The molecule has 2 N–H and O–H groups in total. The highest BCUT2D eigenvalue weighted by molar-refractivity contribution is 5.48. The van der Waals surface area contributed by atoms with Gasteiger partial charge in [-0.05, 0) is 30.5 Å². The Morgan fingerprint density at radius 2 is 2.09 bits per heavy atom. The zero-order chi connectivity index (χ0) is 16.0. The van der Waals surface area contributed by atoms with Gasteiger partial charge in [-0.25, -0.2) is 4.39 Å². The molecule has 1 saturated heterocycles. The summed E-state index contributed by atoms with van der Waals surface area (Å²) < 4.78 is 12.9. The molecular formula is C18H26FNO2. The number of hydrogen-bond donors (Lipinski definition) is 2. The zero-order valence-corrected chi connectivity index (χ0v) is 13.2. The second-order valence-corrected chi connectivity index (χ2v) is 6.26. The minimum absolute atomic E-state index is 0.0280. The molecule has 2 rings (SSSR count). The molecule has 3 nitrogen and oxygen atoms in total. The highest BCUT2D eigenvalue weighted by atomic mass is 19.1. The summed E-state index contributed by atoms with van der Waals surface area (Å²) in [4.78, 5) is 2.26. The molecule has 1 aromatic rings. The van der Waals surface area contributed by atoms with Crippen molar-refractivity contribution in [1.29, 1.82) is 0 Å².